The normalized spacial score (nSPS) is 15.0. The van der Waals surface area contributed by atoms with Crippen molar-refractivity contribution in [2.75, 3.05) is 5.32 Å². The molecule has 0 atom stereocenters. The summed E-state index contributed by atoms with van der Waals surface area (Å²) in [6.45, 7) is 2.17. The molecule has 1 aliphatic carbocycles. The standard InChI is InChI=1S/C22H27NO6/c1-2-3-4-5-6-7-8-9-16(29-28)13-20(25)23-15-10-11-17-18(12-15)22(27)19(14-24)21(17)26/h9-12,14,24,28H,2-8,13H2,1H3,(H,23,25)/b16-9+,19-14-. The maximum Gasteiger partial charge on any atom is 0.232 e. The molecule has 0 fully saturated rings. The molecule has 0 spiro atoms. The molecule has 0 aliphatic heterocycles. The Morgan fingerprint density at radius 1 is 1.07 bits per heavy atom. The van der Waals surface area contributed by atoms with E-state index in [0.29, 0.717) is 18.4 Å². The van der Waals surface area contributed by atoms with Crippen LogP contribution in [0.1, 0.15) is 79.0 Å². The number of aliphatic hydroxyl groups is 1. The number of amides is 1. The second kappa shape index (κ2) is 11.2. The fourth-order valence-electron chi connectivity index (χ4n) is 3.21. The zero-order valence-corrected chi connectivity index (χ0v) is 16.6. The van der Waals surface area contributed by atoms with Gasteiger partial charge >= 0.3 is 0 Å². The number of hydrogen-bond donors (Lipinski definition) is 3. The number of unbranched alkanes of at least 4 members (excludes halogenated alkanes) is 6. The maximum atomic E-state index is 12.2. The van der Waals surface area contributed by atoms with Gasteiger partial charge in [-0.2, -0.15) is 0 Å². The first-order valence-corrected chi connectivity index (χ1v) is 9.90. The molecule has 1 aliphatic rings. The maximum absolute atomic E-state index is 12.2. The van der Waals surface area contributed by atoms with Gasteiger partial charge < -0.3 is 15.3 Å². The van der Waals surface area contributed by atoms with E-state index in [4.69, 9.17) is 10.4 Å². The second-order valence-corrected chi connectivity index (χ2v) is 7.00. The Balaban J connectivity index is 1.88. The Hall–Kier alpha value is -2.93. The number of aliphatic hydroxyl groups excluding tert-OH is 1. The molecule has 156 valence electrons. The highest BCUT2D eigenvalue weighted by molar-refractivity contribution is 6.39. The number of anilines is 1. The fraction of sp³-hybridized carbons (Fsp3) is 0.409. The van der Waals surface area contributed by atoms with E-state index in [0.717, 1.165) is 12.8 Å². The lowest BCUT2D eigenvalue weighted by Gasteiger charge is -2.08. The van der Waals surface area contributed by atoms with Gasteiger partial charge in [0.05, 0.1) is 12.7 Å². The van der Waals surface area contributed by atoms with Gasteiger partial charge in [0, 0.05) is 16.8 Å². The van der Waals surface area contributed by atoms with Gasteiger partial charge in [-0.25, -0.2) is 5.26 Å². The van der Waals surface area contributed by atoms with Crippen LogP contribution in [0.15, 0.2) is 41.9 Å². The number of fused-ring (bicyclic) bond motifs is 1. The van der Waals surface area contributed by atoms with Crippen molar-refractivity contribution in [3.63, 3.8) is 0 Å². The molecule has 0 saturated heterocycles. The Kier molecular flexibility index (Phi) is 8.61. The molecular formula is C22H27NO6. The molecule has 0 aromatic heterocycles. The SMILES string of the molecule is CCCCCCCC/C=C(\CC(=O)Nc1ccc2c(c1)C(=O)/C(=C\O)C2=O)OO. The number of ketones is 2. The van der Waals surface area contributed by atoms with Crippen molar-refractivity contribution in [1.29, 1.82) is 0 Å². The van der Waals surface area contributed by atoms with Crippen molar-refractivity contribution < 1.29 is 29.6 Å². The molecule has 1 aromatic carbocycles. The molecule has 0 unspecified atom stereocenters. The summed E-state index contributed by atoms with van der Waals surface area (Å²) in [5.74, 6) is -1.39. The number of hydrogen-bond acceptors (Lipinski definition) is 6. The van der Waals surface area contributed by atoms with Crippen molar-refractivity contribution in [3.05, 3.63) is 53.0 Å². The van der Waals surface area contributed by atoms with Crippen LogP contribution in [0.2, 0.25) is 0 Å². The summed E-state index contributed by atoms with van der Waals surface area (Å²) in [6, 6.07) is 4.32. The molecule has 0 bridgehead atoms. The number of nitrogens with one attached hydrogen (secondary N) is 1. The number of allylic oxidation sites excluding steroid dienone is 2. The topological polar surface area (TPSA) is 113 Å². The van der Waals surface area contributed by atoms with E-state index in [9.17, 15) is 14.4 Å². The molecule has 3 N–H and O–H groups in total. The van der Waals surface area contributed by atoms with E-state index in [1.165, 1.54) is 43.9 Å². The molecule has 0 radical (unpaired) electrons. The van der Waals surface area contributed by atoms with Crippen LogP contribution in [-0.2, 0) is 9.68 Å². The van der Waals surface area contributed by atoms with E-state index < -0.39 is 17.5 Å². The Morgan fingerprint density at radius 2 is 1.76 bits per heavy atom. The van der Waals surface area contributed by atoms with Gasteiger partial charge in [-0.15, -0.1) is 0 Å². The lowest BCUT2D eigenvalue weighted by Crippen LogP contribution is -2.13. The Labute approximate surface area is 170 Å². The minimum Gasteiger partial charge on any atom is -0.515 e. The summed E-state index contributed by atoms with van der Waals surface area (Å²) in [5.41, 5.74) is 0.358. The minimum atomic E-state index is -0.582. The third kappa shape index (κ3) is 6.02. The minimum absolute atomic E-state index is 0.130. The predicted molar refractivity (Wildman–Crippen MR) is 109 cm³/mol. The van der Waals surface area contributed by atoms with Crippen LogP contribution in [0.3, 0.4) is 0 Å². The van der Waals surface area contributed by atoms with Crippen LogP contribution >= 0.6 is 0 Å². The van der Waals surface area contributed by atoms with E-state index in [2.05, 4.69) is 17.1 Å². The Bertz CT molecular complexity index is 825. The molecule has 1 aromatic rings. The van der Waals surface area contributed by atoms with Gasteiger partial charge in [0.25, 0.3) is 0 Å². The predicted octanol–water partition coefficient (Wildman–Crippen LogP) is 4.96. The highest BCUT2D eigenvalue weighted by Gasteiger charge is 2.33. The van der Waals surface area contributed by atoms with Gasteiger partial charge in [0.2, 0.25) is 17.5 Å². The van der Waals surface area contributed by atoms with E-state index in [1.54, 1.807) is 6.08 Å². The van der Waals surface area contributed by atoms with Crippen LogP contribution in [0, 0.1) is 0 Å². The third-order valence-electron chi connectivity index (χ3n) is 4.79. The van der Waals surface area contributed by atoms with Crippen molar-refractivity contribution in [2.45, 2.75) is 58.3 Å². The van der Waals surface area contributed by atoms with Crippen LogP contribution in [0.5, 0.6) is 0 Å². The third-order valence-corrected chi connectivity index (χ3v) is 4.79. The summed E-state index contributed by atoms with van der Waals surface area (Å²) < 4.78 is 0. The van der Waals surface area contributed by atoms with Crippen LogP contribution in [0.4, 0.5) is 5.69 Å². The average molecular weight is 401 g/mol. The Morgan fingerprint density at radius 3 is 2.45 bits per heavy atom. The summed E-state index contributed by atoms with van der Waals surface area (Å²) >= 11 is 0. The molecule has 0 saturated carbocycles. The number of rotatable bonds is 11. The van der Waals surface area contributed by atoms with Gasteiger partial charge in [0.1, 0.15) is 11.3 Å². The van der Waals surface area contributed by atoms with Crippen LogP contribution in [0.25, 0.3) is 0 Å². The summed E-state index contributed by atoms with van der Waals surface area (Å²) in [5, 5.41) is 20.7. The van der Waals surface area contributed by atoms with Crippen LogP contribution < -0.4 is 5.32 Å². The van der Waals surface area contributed by atoms with Gasteiger partial charge in [-0.1, -0.05) is 39.0 Å². The van der Waals surface area contributed by atoms with Crippen molar-refractivity contribution in [1.82, 2.24) is 0 Å². The first kappa shape index (κ1) is 22.4. The summed E-state index contributed by atoms with van der Waals surface area (Å²) in [4.78, 5) is 40.6. The highest BCUT2D eigenvalue weighted by Crippen LogP contribution is 2.28. The number of carbonyl (C=O) groups is 3. The largest absolute Gasteiger partial charge is 0.515 e. The molecular weight excluding hydrogens is 374 g/mol. The first-order chi connectivity index (χ1) is 14.0. The smallest absolute Gasteiger partial charge is 0.232 e. The van der Waals surface area contributed by atoms with Gasteiger partial charge in [-0.3, -0.25) is 14.4 Å². The van der Waals surface area contributed by atoms with E-state index in [1.807, 2.05) is 0 Å². The van der Waals surface area contributed by atoms with Gasteiger partial charge in [-0.05, 0) is 37.1 Å². The second-order valence-electron chi connectivity index (χ2n) is 7.00. The molecule has 1 amide bonds. The lowest BCUT2D eigenvalue weighted by atomic mass is 10.1. The number of benzene rings is 1. The molecule has 2 rings (SSSR count). The highest BCUT2D eigenvalue weighted by atomic mass is 17.1. The zero-order valence-electron chi connectivity index (χ0n) is 16.6. The van der Waals surface area contributed by atoms with Gasteiger partial charge in [0.15, 0.2) is 0 Å². The van der Waals surface area contributed by atoms with Crippen molar-refractivity contribution in [3.8, 4) is 0 Å². The quantitative estimate of drug-likeness (QED) is 0.121. The molecule has 7 nitrogen and oxygen atoms in total. The molecule has 0 heterocycles. The van der Waals surface area contributed by atoms with Crippen molar-refractivity contribution in [2.24, 2.45) is 0 Å². The number of Topliss-reactive ketones (excluding diaryl/α,β-unsaturated/α-hetero) is 2. The monoisotopic (exact) mass is 401 g/mol. The summed E-state index contributed by atoms with van der Waals surface area (Å²) in [6.07, 6.45) is 9.63. The zero-order chi connectivity index (χ0) is 21.2. The summed E-state index contributed by atoms with van der Waals surface area (Å²) in [7, 11) is 0. The fourth-order valence-corrected chi connectivity index (χ4v) is 3.21. The van der Waals surface area contributed by atoms with Crippen molar-refractivity contribution >= 4 is 23.2 Å². The first-order valence-electron chi connectivity index (χ1n) is 9.90. The van der Waals surface area contributed by atoms with E-state index >= 15 is 0 Å². The van der Waals surface area contributed by atoms with Crippen LogP contribution in [-0.4, -0.2) is 27.8 Å². The molecule has 7 heteroatoms. The molecule has 29 heavy (non-hydrogen) atoms. The van der Waals surface area contributed by atoms with E-state index in [-0.39, 0.29) is 28.9 Å². The lowest BCUT2D eigenvalue weighted by molar-refractivity contribution is -0.205. The average Bonchev–Trinajstić information content (AvgIpc) is 2.95. The number of carbonyl (C=O) groups excluding carboxylic acids is 3.